The van der Waals surface area contributed by atoms with Gasteiger partial charge in [0, 0.05) is 17.1 Å². The van der Waals surface area contributed by atoms with Gasteiger partial charge in [-0.3, -0.25) is 0 Å². The van der Waals surface area contributed by atoms with Crippen LogP contribution in [0.25, 0.3) is 11.1 Å². The molecule has 1 heteroatoms. The van der Waals surface area contributed by atoms with Crippen LogP contribution in [0.4, 0.5) is 11.4 Å². The lowest BCUT2D eigenvalue weighted by atomic mass is 9.74. The van der Waals surface area contributed by atoms with Crippen LogP contribution in [0, 0.1) is 5.92 Å². The fraction of sp³-hybridized carbons (Fsp3) is 0.179. The van der Waals surface area contributed by atoms with Crippen LogP contribution in [-0.4, -0.2) is 0 Å². The number of allylic oxidation sites excluding steroid dienone is 10. The van der Waals surface area contributed by atoms with Crippen molar-refractivity contribution >= 4 is 22.5 Å². The number of hydrogen-bond acceptors (Lipinski definition) is 1. The van der Waals surface area contributed by atoms with E-state index < -0.39 is 0 Å². The quantitative estimate of drug-likeness (QED) is 0.277. The van der Waals surface area contributed by atoms with Gasteiger partial charge >= 0.3 is 0 Å². The standard InChI is InChI=1S/C31H29N.C6H8.C2H6/c1-5-22(2)23-12-11-15-25(20-23)32(24-13-7-6-8-14-24)26-18-19-28-27-16-9-10-17-29(27)31(3,4)30(28)21-26;1-3-5-6-4-2;1-2/h5-20,30H,1-2,21H2,3-4H3;3-6H,1-2H2;1-2H3/b;6-5-;. The molecule has 3 aromatic carbocycles. The van der Waals surface area contributed by atoms with Crippen LogP contribution in [0.2, 0.25) is 0 Å². The van der Waals surface area contributed by atoms with Gasteiger partial charge in [0.05, 0.1) is 0 Å². The van der Waals surface area contributed by atoms with Crippen molar-refractivity contribution in [1.82, 2.24) is 0 Å². The van der Waals surface area contributed by atoms with Gasteiger partial charge in [0.1, 0.15) is 0 Å². The molecule has 2 aliphatic rings. The molecular formula is C39H43N. The average Bonchev–Trinajstić information content (AvgIpc) is 3.24. The number of para-hydroxylation sites is 1. The van der Waals surface area contributed by atoms with Crippen molar-refractivity contribution in [2.75, 3.05) is 4.90 Å². The fourth-order valence-corrected chi connectivity index (χ4v) is 5.44. The lowest BCUT2D eigenvalue weighted by Gasteiger charge is -2.36. The highest BCUT2D eigenvalue weighted by atomic mass is 15.1. The highest BCUT2D eigenvalue weighted by molar-refractivity contribution is 5.82. The van der Waals surface area contributed by atoms with Crippen LogP contribution in [-0.2, 0) is 5.41 Å². The number of rotatable bonds is 7. The van der Waals surface area contributed by atoms with Gasteiger partial charge in [0.15, 0.2) is 0 Å². The normalized spacial score (nSPS) is 15.9. The second-order valence-electron chi connectivity index (χ2n) is 10.1. The fourth-order valence-electron chi connectivity index (χ4n) is 5.44. The minimum Gasteiger partial charge on any atom is -0.314 e. The summed E-state index contributed by atoms with van der Waals surface area (Å²) in [4.78, 5) is 2.40. The van der Waals surface area contributed by atoms with Gasteiger partial charge in [0.2, 0.25) is 0 Å². The molecule has 2 aliphatic carbocycles. The molecule has 0 saturated carbocycles. The van der Waals surface area contributed by atoms with E-state index in [9.17, 15) is 0 Å². The van der Waals surface area contributed by atoms with E-state index in [2.05, 4.69) is 136 Å². The lowest BCUT2D eigenvalue weighted by molar-refractivity contribution is 0.406. The molecule has 0 N–H and O–H groups in total. The maximum Gasteiger partial charge on any atom is 0.0464 e. The van der Waals surface area contributed by atoms with Gasteiger partial charge in [-0.2, -0.15) is 0 Å². The van der Waals surface area contributed by atoms with E-state index >= 15 is 0 Å². The van der Waals surface area contributed by atoms with E-state index in [0.29, 0.717) is 5.92 Å². The zero-order chi connectivity index (χ0) is 29.1. The van der Waals surface area contributed by atoms with Crippen molar-refractivity contribution in [3.8, 4) is 0 Å². The molecule has 0 radical (unpaired) electrons. The van der Waals surface area contributed by atoms with Crippen molar-refractivity contribution in [1.29, 1.82) is 0 Å². The first-order valence-electron chi connectivity index (χ1n) is 14.1. The third-order valence-electron chi connectivity index (χ3n) is 7.45. The minimum atomic E-state index is 0.100. The summed E-state index contributed by atoms with van der Waals surface area (Å²) >= 11 is 0. The van der Waals surface area contributed by atoms with Gasteiger partial charge in [-0.25, -0.2) is 0 Å². The van der Waals surface area contributed by atoms with E-state index in [1.807, 2.05) is 32.1 Å². The number of anilines is 2. The van der Waals surface area contributed by atoms with E-state index in [1.54, 1.807) is 12.2 Å². The largest absolute Gasteiger partial charge is 0.314 e. The molecule has 0 fully saturated rings. The molecule has 0 aromatic heterocycles. The molecule has 0 heterocycles. The molecule has 3 aromatic rings. The molecule has 0 bridgehead atoms. The number of nitrogens with zero attached hydrogens (tertiary/aromatic N) is 1. The van der Waals surface area contributed by atoms with Gasteiger partial charge in [-0.05, 0) is 75.9 Å². The van der Waals surface area contributed by atoms with Crippen molar-refractivity contribution in [2.24, 2.45) is 5.92 Å². The van der Waals surface area contributed by atoms with Gasteiger partial charge < -0.3 is 4.90 Å². The Morgan fingerprint density at radius 1 is 0.800 bits per heavy atom. The van der Waals surface area contributed by atoms with Crippen LogP contribution in [0.1, 0.15) is 50.8 Å². The Morgan fingerprint density at radius 2 is 1.43 bits per heavy atom. The monoisotopic (exact) mass is 525 g/mol. The first-order valence-corrected chi connectivity index (χ1v) is 14.1. The Morgan fingerprint density at radius 3 is 2.08 bits per heavy atom. The highest BCUT2D eigenvalue weighted by Crippen LogP contribution is 2.54. The molecule has 0 aliphatic heterocycles. The maximum absolute atomic E-state index is 4.15. The molecule has 40 heavy (non-hydrogen) atoms. The van der Waals surface area contributed by atoms with Crippen molar-refractivity contribution < 1.29 is 0 Å². The van der Waals surface area contributed by atoms with E-state index in [0.717, 1.165) is 23.2 Å². The topological polar surface area (TPSA) is 3.24 Å². The Bertz CT molecular complexity index is 1420. The van der Waals surface area contributed by atoms with Crippen LogP contribution < -0.4 is 4.90 Å². The summed E-state index contributed by atoms with van der Waals surface area (Å²) in [5.41, 5.74) is 10.1. The summed E-state index contributed by atoms with van der Waals surface area (Å²) in [6.45, 7) is 23.8. The average molecular weight is 526 g/mol. The number of hydrogen-bond donors (Lipinski definition) is 0. The Balaban J connectivity index is 0.000000491. The minimum absolute atomic E-state index is 0.100. The van der Waals surface area contributed by atoms with Crippen LogP contribution in [0.3, 0.4) is 0 Å². The zero-order valence-electron chi connectivity index (χ0n) is 24.6. The summed E-state index contributed by atoms with van der Waals surface area (Å²) in [6, 6.07) is 28.2. The molecule has 0 amide bonds. The van der Waals surface area contributed by atoms with Crippen molar-refractivity contribution in [3.63, 3.8) is 0 Å². The third kappa shape index (κ3) is 6.43. The first-order chi connectivity index (χ1) is 19.4. The molecule has 1 nitrogen and oxygen atoms in total. The number of fused-ring (bicyclic) bond motifs is 3. The SMILES string of the molecule is C=C/C=C\C=C.C=CC(=C)c1cccc(N(C2=CC=C3c4ccccc4C(C)(C)C3C2)c2ccccc2)c1.CC. The second kappa shape index (κ2) is 14.1. The van der Waals surface area contributed by atoms with Crippen molar-refractivity contribution in [2.45, 2.75) is 39.5 Å². The van der Waals surface area contributed by atoms with E-state index in [4.69, 9.17) is 0 Å². The smallest absolute Gasteiger partial charge is 0.0464 e. The van der Waals surface area contributed by atoms with Gasteiger partial charge in [-0.1, -0.05) is 145 Å². The second-order valence-corrected chi connectivity index (χ2v) is 10.1. The molecule has 0 saturated heterocycles. The van der Waals surface area contributed by atoms with Crippen LogP contribution >= 0.6 is 0 Å². The Hall–Kier alpha value is -4.36. The first kappa shape index (κ1) is 30.2. The summed E-state index contributed by atoms with van der Waals surface area (Å²) in [5, 5.41) is 0. The van der Waals surface area contributed by atoms with Crippen LogP contribution in [0.5, 0.6) is 0 Å². The molecule has 5 rings (SSSR count). The number of benzene rings is 3. The predicted octanol–water partition coefficient (Wildman–Crippen LogP) is 11.2. The molecule has 204 valence electrons. The van der Waals surface area contributed by atoms with Gasteiger partial charge in [-0.15, -0.1) is 0 Å². The predicted molar refractivity (Wildman–Crippen MR) is 179 cm³/mol. The zero-order valence-corrected chi connectivity index (χ0v) is 24.6. The lowest BCUT2D eigenvalue weighted by Crippen LogP contribution is -2.28. The summed E-state index contributed by atoms with van der Waals surface area (Å²) < 4.78 is 0. The summed E-state index contributed by atoms with van der Waals surface area (Å²) in [5.74, 6) is 0.456. The van der Waals surface area contributed by atoms with E-state index in [-0.39, 0.29) is 5.41 Å². The molecule has 1 atom stereocenters. The van der Waals surface area contributed by atoms with Gasteiger partial charge in [0.25, 0.3) is 0 Å². The molecule has 1 unspecified atom stereocenters. The van der Waals surface area contributed by atoms with E-state index in [1.165, 1.54) is 28.1 Å². The highest BCUT2D eigenvalue weighted by Gasteiger charge is 2.44. The summed E-state index contributed by atoms with van der Waals surface area (Å²) in [6.07, 6.45) is 14.5. The maximum atomic E-state index is 4.15. The molecule has 0 spiro atoms. The van der Waals surface area contributed by atoms with Crippen LogP contribution in [0.15, 0.2) is 153 Å². The summed E-state index contributed by atoms with van der Waals surface area (Å²) in [7, 11) is 0. The molecular weight excluding hydrogens is 482 g/mol. The third-order valence-corrected chi connectivity index (χ3v) is 7.45. The van der Waals surface area contributed by atoms with Crippen molar-refractivity contribution in [3.05, 3.63) is 170 Å². The Labute approximate surface area is 242 Å². The Kier molecular flexibility index (Phi) is 10.7.